The van der Waals surface area contributed by atoms with Crippen molar-refractivity contribution in [2.24, 2.45) is 0 Å². The summed E-state index contributed by atoms with van der Waals surface area (Å²) in [4.78, 5) is 0. The van der Waals surface area contributed by atoms with Crippen molar-refractivity contribution in [2.45, 2.75) is 32.5 Å². The zero-order valence-corrected chi connectivity index (χ0v) is 11.3. The van der Waals surface area contributed by atoms with Gasteiger partial charge in [0.05, 0.1) is 6.10 Å². The van der Waals surface area contributed by atoms with Crippen LogP contribution in [-0.2, 0) is 0 Å². The van der Waals surface area contributed by atoms with Crippen molar-refractivity contribution < 1.29 is 9.84 Å². The van der Waals surface area contributed by atoms with Crippen LogP contribution >= 0.6 is 0 Å². The molecule has 0 bridgehead atoms. The number of hydrogen-bond donors (Lipinski definition) is 1. The Kier molecular flexibility index (Phi) is 3.03. The van der Waals surface area contributed by atoms with Crippen molar-refractivity contribution in [3.05, 3.63) is 64.7 Å². The molecule has 2 atom stereocenters. The second-order valence-electron chi connectivity index (χ2n) is 5.18. The third-order valence-corrected chi connectivity index (χ3v) is 3.98. The molecule has 2 aromatic carbocycles. The first-order valence-electron chi connectivity index (χ1n) is 6.66. The minimum absolute atomic E-state index is 0.0650. The number of rotatable bonds is 1. The standard InChI is InChI=1S/C17H18O2/c1-11-6-5-8-13(12(11)2)17-10-15(18)14-7-3-4-9-16(14)19-17/h3-9,15,17-18H,10H2,1-2H3/t15-,17?/m0/s1. The number of fused-ring (bicyclic) bond motifs is 1. The van der Waals surface area contributed by atoms with E-state index in [1.54, 1.807) is 0 Å². The molecular weight excluding hydrogens is 236 g/mol. The molecule has 1 N–H and O–H groups in total. The fraction of sp³-hybridized carbons (Fsp3) is 0.294. The Hall–Kier alpha value is -1.80. The highest BCUT2D eigenvalue weighted by molar-refractivity contribution is 5.41. The van der Waals surface area contributed by atoms with Gasteiger partial charge in [0, 0.05) is 12.0 Å². The molecule has 1 aliphatic heterocycles. The first-order valence-corrected chi connectivity index (χ1v) is 6.66. The Labute approximate surface area is 113 Å². The van der Waals surface area contributed by atoms with Crippen LogP contribution in [0.2, 0.25) is 0 Å². The molecule has 19 heavy (non-hydrogen) atoms. The van der Waals surface area contributed by atoms with E-state index in [0.717, 1.165) is 11.3 Å². The van der Waals surface area contributed by atoms with Crippen molar-refractivity contribution in [1.82, 2.24) is 0 Å². The van der Waals surface area contributed by atoms with E-state index in [9.17, 15) is 5.11 Å². The Morgan fingerprint density at radius 2 is 1.74 bits per heavy atom. The Bertz CT molecular complexity index is 604. The van der Waals surface area contributed by atoms with Gasteiger partial charge in [-0.25, -0.2) is 0 Å². The van der Waals surface area contributed by atoms with Crippen molar-refractivity contribution in [2.75, 3.05) is 0 Å². The molecule has 0 saturated heterocycles. The van der Waals surface area contributed by atoms with Crippen molar-refractivity contribution in [3.63, 3.8) is 0 Å². The quantitative estimate of drug-likeness (QED) is 0.837. The van der Waals surface area contributed by atoms with Crippen LogP contribution in [0.15, 0.2) is 42.5 Å². The fourth-order valence-electron chi connectivity index (χ4n) is 2.71. The lowest BCUT2D eigenvalue weighted by Gasteiger charge is -2.31. The van der Waals surface area contributed by atoms with Gasteiger partial charge in [-0.1, -0.05) is 36.4 Å². The van der Waals surface area contributed by atoms with Gasteiger partial charge in [-0.2, -0.15) is 0 Å². The van der Waals surface area contributed by atoms with E-state index >= 15 is 0 Å². The maximum absolute atomic E-state index is 10.3. The summed E-state index contributed by atoms with van der Waals surface area (Å²) in [5.41, 5.74) is 4.58. The molecule has 0 aromatic heterocycles. The third kappa shape index (κ3) is 2.13. The predicted octanol–water partition coefficient (Wildman–Crippen LogP) is 3.86. The highest BCUT2D eigenvalue weighted by Crippen LogP contribution is 2.41. The van der Waals surface area contributed by atoms with E-state index in [4.69, 9.17) is 4.74 Å². The lowest BCUT2D eigenvalue weighted by Crippen LogP contribution is -2.19. The molecule has 1 heterocycles. The van der Waals surface area contributed by atoms with Gasteiger partial charge in [-0.3, -0.25) is 0 Å². The summed E-state index contributed by atoms with van der Waals surface area (Å²) in [7, 11) is 0. The monoisotopic (exact) mass is 254 g/mol. The minimum Gasteiger partial charge on any atom is -0.485 e. The van der Waals surface area contributed by atoms with Gasteiger partial charge in [-0.15, -0.1) is 0 Å². The molecule has 0 amide bonds. The van der Waals surface area contributed by atoms with E-state index in [2.05, 4.69) is 26.0 Å². The number of ether oxygens (including phenoxy) is 1. The van der Waals surface area contributed by atoms with E-state index in [1.165, 1.54) is 16.7 Å². The third-order valence-electron chi connectivity index (χ3n) is 3.98. The van der Waals surface area contributed by atoms with Gasteiger partial charge >= 0.3 is 0 Å². The first kappa shape index (κ1) is 12.2. The molecular formula is C17H18O2. The normalized spacial score (nSPS) is 21.6. The van der Waals surface area contributed by atoms with Gasteiger partial charge in [0.1, 0.15) is 11.9 Å². The molecule has 2 aromatic rings. The Morgan fingerprint density at radius 3 is 2.58 bits per heavy atom. The molecule has 1 unspecified atom stereocenters. The SMILES string of the molecule is Cc1cccc(C2C[C@H](O)c3ccccc3O2)c1C. The van der Waals surface area contributed by atoms with Crippen molar-refractivity contribution >= 4 is 0 Å². The molecule has 0 saturated carbocycles. The number of aliphatic hydroxyl groups excluding tert-OH is 1. The molecule has 3 rings (SSSR count). The predicted molar refractivity (Wildman–Crippen MR) is 75.3 cm³/mol. The van der Waals surface area contributed by atoms with Crippen LogP contribution < -0.4 is 4.74 Å². The molecule has 98 valence electrons. The largest absolute Gasteiger partial charge is 0.485 e. The number of hydrogen-bond acceptors (Lipinski definition) is 2. The van der Waals surface area contributed by atoms with E-state index in [0.29, 0.717) is 6.42 Å². The summed E-state index contributed by atoms with van der Waals surface area (Å²) in [6.45, 7) is 4.22. The first-order chi connectivity index (χ1) is 9.16. The van der Waals surface area contributed by atoms with Crippen LogP contribution in [0.5, 0.6) is 5.75 Å². The average molecular weight is 254 g/mol. The van der Waals surface area contributed by atoms with Gasteiger partial charge in [0.2, 0.25) is 0 Å². The summed E-state index contributed by atoms with van der Waals surface area (Å²) in [5.74, 6) is 0.798. The van der Waals surface area contributed by atoms with Crippen LogP contribution in [0, 0.1) is 13.8 Å². The van der Waals surface area contributed by atoms with Crippen LogP contribution in [0.4, 0.5) is 0 Å². The molecule has 1 aliphatic rings. The number of benzene rings is 2. The summed E-state index contributed by atoms with van der Waals surface area (Å²) >= 11 is 0. The van der Waals surface area contributed by atoms with Crippen molar-refractivity contribution in [1.29, 1.82) is 0 Å². The second-order valence-corrected chi connectivity index (χ2v) is 5.18. The molecule has 0 radical (unpaired) electrons. The van der Waals surface area contributed by atoms with Crippen LogP contribution in [0.25, 0.3) is 0 Å². The van der Waals surface area contributed by atoms with Gasteiger partial charge < -0.3 is 9.84 Å². The smallest absolute Gasteiger partial charge is 0.127 e. The Balaban J connectivity index is 1.99. The van der Waals surface area contributed by atoms with Gasteiger partial charge in [0.25, 0.3) is 0 Å². The number of aliphatic hydroxyl groups is 1. The Morgan fingerprint density at radius 1 is 1.00 bits per heavy atom. The topological polar surface area (TPSA) is 29.5 Å². The highest BCUT2D eigenvalue weighted by Gasteiger charge is 2.28. The summed E-state index contributed by atoms with van der Waals surface area (Å²) in [5, 5.41) is 10.3. The maximum atomic E-state index is 10.3. The lowest BCUT2D eigenvalue weighted by molar-refractivity contribution is 0.0654. The fourth-order valence-corrected chi connectivity index (χ4v) is 2.71. The van der Waals surface area contributed by atoms with E-state index < -0.39 is 6.10 Å². The van der Waals surface area contributed by atoms with E-state index in [-0.39, 0.29) is 6.10 Å². The molecule has 0 fully saturated rings. The van der Waals surface area contributed by atoms with Crippen LogP contribution in [-0.4, -0.2) is 5.11 Å². The van der Waals surface area contributed by atoms with Crippen LogP contribution in [0.1, 0.15) is 40.9 Å². The molecule has 2 heteroatoms. The average Bonchev–Trinajstić information content (AvgIpc) is 2.42. The molecule has 2 nitrogen and oxygen atoms in total. The highest BCUT2D eigenvalue weighted by atomic mass is 16.5. The molecule has 0 spiro atoms. The minimum atomic E-state index is -0.449. The number of aryl methyl sites for hydroxylation is 1. The maximum Gasteiger partial charge on any atom is 0.127 e. The van der Waals surface area contributed by atoms with Gasteiger partial charge in [-0.05, 0) is 36.6 Å². The van der Waals surface area contributed by atoms with Crippen LogP contribution in [0.3, 0.4) is 0 Å². The lowest BCUT2D eigenvalue weighted by atomic mass is 9.91. The molecule has 0 aliphatic carbocycles. The summed E-state index contributed by atoms with van der Waals surface area (Å²) in [6, 6.07) is 14.0. The van der Waals surface area contributed by atoms with Gasteiger partial charge in [0.15, 0.2) is 0 Å². The van der Waals surface area contributed by atoms with E-state index in [1.807, 2.05) is 30.3 Å². The zero-order valence-electron chi connectivity index (χ0n) is 11.3. The summed E-state index contributed by atoms with van der Waals surface area (Å²) in [6.07, 6.45) is 0.0982. The van der Waals surface area contributed by atoms with Crippen molar-refractivity contribution in [3.8, 4) is 5.75 Å². The zero-order chi connectivity index (χ0) is 13.4. The summed E-state index contributed by atoms with van der Waals surface area (Å²) < 4.78 is 6.06. The number of para-hydroxylation sites is 1. The second kappa shape index (κ2) is 4.71.